The Kier molecular flexibility index (Phi) is 14.2. The van der Waals surface area contributed by atoms with Gasteiger partial charge < -0.3 is 20.4 Å². The maximum absolute atomic E-state index is 11.2. The average Bonchev–Trinajstić information content (AvgIpc) is 2.99. The molecular formula is C41H54CoN2O6. The van der Waals surface area contributed by atoms with Gasteiger partial charge in [0.2, 0.25) is 0 Å². The molecule has 3 aromatic carbocycles. The second kappa shape index (κ2) is 16.8. The third-order valence-electron chi connectivity index (χ3n) is 8.80. The molecule has 0 heterocycles. The van der Waals surface area contributed by atoms with Crippen molar-refractivity contribution in [1.29, 1.82) is 0 Å². The smallest absolute Gasteiger partial charge is 0.336 e. The third-order valence-corrected chi connectivity index (χ3v) is 8.80. The molecule has 0 spiro atoms. The fourth-order valence-corrected chi connectivity index (χ4v) is 5.88. The Morgan fingerprint density at radius 2 is 1.06 bits per heavy atom. The molecule has 8 nitrogen and oxygen atoms in total. The number of hydrogen-bond donors (Lipinski definition) is 4. The number of rotatable bonds is 6. The average molecular weight is 730 g/mol. The molecular weight excluding hydrogens is 675 g/mol. The van der Waals surface area contributed by atoms with Crippen LogP contribution < -0.4 is 0 Å². The van der Waals surface area contributed by atoms with E-state index in [1.807, 2.05) is 18.5 Å². The van der Waals surface area contributed by atoms with Crippen LogP contribution in [-0.2, 0) is 33.0 Å². The van der Waals surface area contributed by atoms with Gasteiger partial charge in [-0.2, -0.15) is 0 Å². The summed E-state index contributed by atoms with van der Waals surface area (Å²) in [5, 5.41) is 39.2. The van der Waals surface area contributed by atoms with Crippen molar-refractivity contribution in [3.05, 3.63) is 93.0 Å². The quantitative estimate of drug-likeness (QED) is 0.187. The van der Waals surface area contributed by atoms with E-state index < -0.39 is 11.9 Å². The maximum atomic E-state index is 11.2. The van der Waals surface area contributed by atoms with Gasteiger partial charge in [-0.05, 0) is 71.4 Å². The summed E-state index contributed by atoms with van der Waals surface area (Å²) in [6.45, 7) is 21.4. The predicted octanol–water partition coefficient (Wildman–Crippen LogP) is 9.23. The zero-order valence-corrected chi connectivity index (χ0v) is 32.1. The van der Waals surface area contributed by atoms with Crippen LogP contribution in [-0.4, -0.2) is 56.9 Å². The normalized spacial score (nSPS) is 16.8. The van der Waals surface area contributed by atoms with E-state index in [4.69, 9.17) is 20.2 Å². The summed E-state index contributed by atoms with van der Waals surface area (Å²) in [5.41, 5.74) is 5.01. The van der Waals surface area contributed by atoms with E-state index in [0.717, 1.165) is 53.5 Å². The summed E-state index contributed by atoms with van der Waals surface area (Å²) in [4.78, 5) is 30.9. The van der Waals surface area contributed by atoms with Gasteiger partial charge in [-0.3, -0.25) is 9.98 Å². The fraction of sp³-hybridized carbons (Fsp3) is 0.463. The van der Waals surface area contributed by atoms with Crippen LogP contribution >= 0.6 is 0 Å². The van der Waals surface area contributed by atoms with Gasteiger partial charge in [-0.1, -0.05) is 99.4 Å². The van der Waals surface area contributed by atoms with Crippen molar-refractivity contribution in [2.75, 3.05) is 0 Å². The van der Waals surface area contributed by atoms with Crippen LogP contribution in [0.3, 0.4) is 0 Å². The van der Waals surface area contributed by atoms with Gasteiger partial charge in [-0.15, -0.1) is 0 Å². The van der Waals surface area contributed by atoms with E-state index in [9.17, 15) is 19.8 Å². The van der Waals surface area contributed by atoms with E-state index in [-0.39, 0.29) is 56.2 Å². The number of carboxylic acids is 2. The molecule has 2 unspecified atom stereocenters. The zero-order chi connectivity index (χ0) is 36.9. The van der Waals surface area contributed by atoms with E-state index >= 15 is 0 Å². The SMILES string of the molecule is Cc1cc(C=NC2CCCCC2N=Cc2cc(C(C)(C)C)cc(C(C)(C)C)c2O)c(O)c(C(C)(C)C)c1.O=C(O)c1ccccc1C(=O)O.[Co]. The molecule has 1 aliphatic carbocycles. The van der Waals surface area contributed by atoms with Crippen LogP contribution in [0.4, 0.5) is 0 Å². The molecule has 1 radical (unpaired) electrons. The number of carboxylic acid groups (broad SMARTS) is 2. The number of hydrogen-bond acceptors (Lipinski definition) is 6. The topological polar surface area (TPSA) is 140 Å². The number of aliphatic imine (C=N–C) groups is 2. The van der Waals surface area contributed by atoms with Gasteiger partial charge >= 0.3 is 11.9 Å². The molecule has 273 valence electrons. The number of aromatic carboxylic acids is 2. The molecule has 0 aromatic heterocycles. The third kappa shape index (κ3) is 11.0. The Hall–Kier alpha value is -3.95. The number of nitrogens with zero attached hydrogens (tertiary/aromatic N) is 2. The van der Waals surface area contributed by atoms with Crippen LogP contribution in [0.15, 0.2) is 58.5 Å². The minimum Gasteiger partial charge on any atom is -0.507 e. The first-order chi connectivity index (χ1) is 22.6. The van der Waals surface area contributed by atoms with Crippen molar-refractivity contribution < 1.29 is 46.8 Å². The van der Waals surface area contributed by atoms with Gasteiger partial charge in [0.25, 0.3) is 0 Å². The molecule has 0 amide bonds. The van der Waals surface area contributed by atoms with E-state index in [0.29, 0.717) is 11.5 Å². The van der Waals surface area contributed by atoms with Crippen molar-refractivity contribution in [3.63, 3.8) is 0 Å². The Labute approximate surface area is 308 Å². The van der Waals surface area contributed by atoms with E-state index in [1.54, 1.807) is 0 Å². The molecule has 4 rings (SSSR count). The van der Waals surface area contributed by atoms with Crippen LogP contribution in [0.5, 0.6) is 11.5 Å². The number of aryl methyl sites for hydroxylation is 1. The Morgan fingerprint density at radius 3 is 1.44 bits per heavy atom. The zero-order valence-electron chi connectivity index (χ0n) is 31.1. The second-order valence-electron chi connectivity index (χ2n) is 16.1. The molecule has 0 aliphatic heterocycles. The second-order valence-corrected chi connectivity index (χ2v) is 16.1. The van der Waals surface area contributed by atoms with E-state index in [2.05, 4.69) is 87.4 Å². The Morgan fingerprint density at radius 1 is 0.660 bits per heavy atom. The van der Waals surface area contributed by atoms with Crippen molar-refractivity contribution in [2.45, 2.75) is 123 Å². The number of carbonyl (C=O) groups is 2. The molecule has 50 heavy (non-hydrogen) atoms. The first-order valence-corrected chi connectivity index (χ1v) is 16.9. The molecule has 1 aliphatic rings. The Bertz CT molecular complexity index is 1690. The van der Waals surface area contributed by atoms with Gasteiger partial charge in [0.05, 0.1) is 23.2 Å². The number of phenolic OH excluding ortho intramolecular Hbond substituents is 2. The monoisotopic (exact) mass is 729 g/mol. The maximum Gasteiger partial charge on any atom is 0.336 e. The van der Waals surface area contributed by atoms with Crippen molar-refractivity contribution in [2.24, 2.45) is 9.98 Å². The molecule has 4 N–H and O–H groups in total. The van der Waals surface area contributed by atoms with Gasteiger partial charge in [0.1, 0.15) is 11.5 Å². The van der Waals surface area contributed by atoms with Crippen molar-refractivity contribution in [3.8, 4) is 11.5 Å². The summed E-state index contributed by atoms with van der Waals surface area (Å²) in [7, 11) is 0. The minimum absolute atomic E-state index is 0. The van der Waals surface area contributed by atoms with Crippen LogP contribution in [0.25, 0.3) is 0 Å². The summed E-state index contributed by atoms with van der Waals surface area (Å²) in [6.07, 6.45) is 7.89. The molecule has 9 heteroatoms. The molecule has 0 bridgehead atoms. The molecule has 3 aromatic rings. The van der Waals surface area contributed by atoms with Gasteiger partial charge in [0, 0.05) is 51.5 Å². The molecule has 2 atom stereocenters. The molecule has 1 saturated carbocycles. The first kappa shape index (κ1) is 42.2. The number of benzene rings is 3. The standard InChI is InChI=1S/C33H48N2O2.C8H6O4.Co/c1-21-15-22(29(36)25(16-21)32(5,6)7)19-34-27-13-11-12-14-28(27)35-20-23-17-24(31(2,3)4)18-26(30(23)37)33(8,9)10;9-7(10)5-3-1-2-4-6(5)8(11)12;/h15-20,27-28,36-37H,11-14H2,1-10H3;1-4H,(H,9,10)(H,11,12);. The minimum atomic E-state index is -1.23. The molecule has 0 saturated heterocycles. The van der Waals surface area contributed by atoms with Gasteiger partial charge in [0.15, 0.2) is 0 Å². The number of phenols is 2. The van der Waals surface area contributed by atoms with Crippen LogP contribution in [0, 0.1) is 6.92 Å². The summed E-state index contributed by atoms with van der Waals surface area (Å²) in [5.74, 6) is -1.82. The van der Waals surface area contributed by atoms with Gasteiger partial charge in [-0.25, -0.2) is 9.59 Å². The fourth-order valence-electron chi connectivity index (χ4n) is 5.88. The summed E-state index contributed by atoms with van der Waals surface area (Å²) < 4.78 is 0. The first-order valence-electron chi connectivity index (χ1n) is 16.9. The number of aromatic hydroxyl groups is 2. The Balaban J connectivity index is 0.000000564. The molecule has 1 fully saturated rings. The summed E-state index contributed by atoms with van der Waals surface area (Å²) in [6, 6.07) is 13.9. The summed E-state index contributed by atoms with van der Waals surface area (Å²) >= 11 is 0. The van der Waals surface area contributed by atoms with Crippen LogP contribution in [0.1, 0.15) is 142 Å². The van der Waals surface area contributed by atoms with Crippen molar-refractivity contribution in [1.82, 2.24) is 0 Å². The largest absolute Gasteiger partial charge is 0.507 e. The van der Waals surface area contributed by atoms with E-state index in [1.165, 1.54) is 29.8 Å². The van der Waals surface area contributed by atoms with Crippen LogP contribution in [0.2, 0.25) is 0 Å². The predicted molar refractivity (Wildman–Crippen MR) is 199 cm³/mol. The van der Waals surface area contributed by atoms with Crippen molar-refractivity contribution >= 4 is 24.4 Å².